The number of rotatable bonds is 19. The van der Waals surface area contributed by atoms with Crippen LogP contribution >= 0.6 is 0 Å². The van der Waals surface area contributed by atoms with Gasteiger partial charge in [0.05, 0.1) is 38.0 Å². The summed E-state index contributed by atoms with van der Waals surface area (Å²) in [6.45, 7) is 3.16. The number of phenolic OH excluding ortho intramolecular Hbond substituents is 2. The summed E-state index contributed by atoms with van der Waals surface area (Å²) < 4.78 is 27.1. The Morgan fingerprint density at radius 3 is 2.63 bits per heavy atom. The molecule has 0 aromatic heterocycles. The zero-order chi connectivity index (χ0) is 43.4. The van der Waals surface area contributed by atoms with Crippen LogP contribution in [0, 0.1) is 0 Å². The molecule has 0 saturated heterocycles. The predicted molar refractivity (Wildman–Crippen MR) is 234 cm³/mol. The highest BCUT2D eigenvalue weighted by Gasteiger charge is 2.50. The van der Waals surface area contributed by atoms with Gasteiger partial charge in [0.1, 0.15) is 35.6 Å². The molecule has 62 heavy (non-hydrogen) atoms. The van der Waals surface area contributed by atoms with E-state index in [1.54, 1.807) is 19.1 Å². The van der Waals surface area contributed by atoms with Gasteiger partial charge < -0.3 is 60.2 Å². The van der Waals surface area contributed by atoms with Gasteiger partial charge in [0.2, 0.25) is 0 Å². The lowest BCUT2D eigenvalue weighted by Crippen LogP contribution is -2.56. The minimum absolute atomic E-state index is 0.0223. The molecule has 0 fully saturated rings. The molecule has 9 N–H and O–H groups in total. The third kappa shape index (κ3) is 8.88. The molecular formula is C48H60N4O10. The first-order valence-electron chi connectivity index (χ1n) is 21.9. The summed E-state index contributed by atoms with van der Waals surface area (Å²) in [5.41, 5.74) is 7.23. The van der Waals surface area contributed by atoms with Gasteiger partial charge in [-0.3, -0.25) is 10.3 Å². The number of benzene rings is 4. The highest BCUT2D eigenvalue weighted by Crippen LogP contribution is 2.58. The van der Waals surface area contributed by atoms with Crippen molar-refractivity contribution in [1.29, 1.82) is 0 Å². The summed E-state index contributed by atoms with van der Waals surface area (Å²) in [4.78, 5) is 4.60. The molecule has 3 aliphatic heterocycles. The van der Waals surface area contributed by atoms with E-state index in [4.69, 9.17) is 18.9 Å². The van der Waals surface area contributed by atoms with Gasteiger partial charge in [0.25, 0.3) is 0 Å². The Kier molecular flexibility index (Phi) is 13.7. The number of ether oxygens (including phenoxy) is 4. The van der Waals surface area contributed by atoms with E-state index in [9.17, 15) is 30.6 Å². The van der Waals surface area contributed by atoms with Gasteiger partial charge in [-0.1, -0.05) is 18.2 Å². The fourth-order valence-corrected chi connectivity index (χ4v) is 9.68. The molecule has 0 radical (unpaired) electrons. The maximum Gasteiger partial charge on any atom is 0.161 e. The van der Waals surface area contributed by atoms with Crippen LogP contribution in [-0.4, -0.2) is 115 Å². The number of nitrogens with zero attached hydrogens (tertiary/aromatic N) is 1. The van der Waals surface area contributed by atoms with Crippen molar-refractivity contribution in [3.63, 3.8) is 0 Å². The number of aryl methyl sites for hydroxylation is 1. The number of aromatic hydroxyl groups is 2. The van der Waals surface area contributed by atoms with E-state index in [-0.39, 0.29) is 56.3 Å². The monoisotopic (exact) mass is 852 g/mol. The molecule has 0 unspecified atom stereocenters. The van der Waals surface area contributed by atoms with Gasteiger partial charge in [-0.05, 0) is 133 Å². The lowest BCUT2D eigenvalue weighted by Gasteiger charge is -2.47. The number of phenols is 2. The molecule has 4 aromatic carbocycles. The summed E-state index contributed by atoms with van der Waals surface area (Å²) in [7, 11) is 1.82. The van der Waals surface area contributed by atoms with Crippen molar-refractivity contribution < 1.29 is 49.6 Å². The van der Waals surface area contributed by atoms with Crippen molar-refractivity contribution in [2.24, 2.45) is 4.99 Å². The predicted octanol–water partition coefficient (Wildman–Crippen LogP) is 2.17. The smallest absolute Gasteiger partial charge is 0.161 e. The summed E-state index contributed by atoms with van der Waals surface area (Å²) in [5.74, 6) is 1.67. The minimum Gasteiger partial charge on any atom is -0.508 e. The molecule has 1 aliphatic carbocycles. The third-order valence-electron chi connectivity index (χ3n) is 12.5. The zero-order valence-electron chi connectivity index (χ0n) is 35.6. The SMILES string of the molecule is CNCO[C@]1(CNCNC[C@H](C)O)Cc2c3c(c4c(c2O[C@@H]1c1cc(CCCO)c(O)c(OCCO)c1)CC[C@H](CO)O4)-c1ccc(O)cc1[C@@H](Cc1ccc2c(c1)=CCN=2)C3. The molecule has 5 atom stereocenters. The zero-order valence-corrected chi connectivity index (χ0v) is 35.6. The Hall–Kier alpha value is -4.77. The molecule has 332 valence electrons. The van der Waals surface area contributed by atoms with Crippen LogP contribution in [0.3, 0.4) is 0 Å². The summed E-state index contributed by atoms with van der Waals surface area (Å²) in [6, 6.07) is 15.7. The van der Waals surface area contributed by atoms with Crippen LogP contribution in [0.4, 0.5) is 0 Å². The molecule has 0 saturated carbocycles. The Balaban J connectivity index is 1.32. The number of aliphatic hydroxyl groups is 4. The Bertz CT molecular complexity index is 2340. The van der Waals surface area contributed by atoms with Gasteiger partial charge in [0, 0.05) is 49.5 Å². The quantitative estimate of drug-likeness (QED) is 0.0491. The second-order valence-electron chi connectivity index (χ2n) is 17.0. The molecule has 3 heterocycles. The van der Waals surface area contributed by atoms with E-state index in [1.165, 1.54) is 5.56 Å². The van der Waals surface area contributed by atoms with Gasteiger partial charge in [-0.2, -0.15) is 0 Å². The maximum atomic E-state index is 11.4. The first-order valence-corrected chi connectivity index (χ1v) is 21.9. The third-order valence-corrected chi connectivity index (χ3v) is 12.5. The van der Waals surface area contributed by atoms with Crippen LogP contribution in [-0.2, 0) is 36.8 Å². The lowest BCUT2D eigenvalue weighted by atomic mass is 9.70. The molecule has 0 amide bonds. The first-order chi connectivity index (χ1) is 30.2. The average molecular weight is 853 g/mol. The number of hydrogen-bond donors (Lipinski definition) is 9. The van der Waals surface area contributed by atoms with Crippen LogP contribution in [0.15, 0.2) is 53.5 Å². The molecule has 8 rings (SSSR count). The molecule has 4 aliphatic rings. The van der Waals surface area contributed by atoms with Crippen molar-refractivity contribution in [3.8, 4) is 39.9 Å². The highest BCUT2D eigenvalue weighted by atomic mass is 16.6. The van der Waals surface area contributed by atoms with Gasteiger partial charge in [-0.15, -0.1) is 0 Å². The van der Waals surface area contributed by atoms with Crippen LogP contribution in [0.5, 0.6) is 28.7 Å². The summed E-state index contributed by atoms with van der Waals surface area (Å²) in [6.07, 6.45) is 4.10. The average Bonchev–Trinajstić information content (AvgIpc) is 3.75. The second-order valence-corrected chi connectivity index (χ2v) is 17.0. The fourth-order valence-electron chi connectivity index (χ4n) is 9.68. The Labute approximate surface area is 361 Å². The van der Waals surface area contributed by atoms with E-state index >= 15 is 0 Å². The second kappa shape index (κ2) is 19.3. The molecule has 0 bridgehead atoms. The molecule has 14 heteroatoms. The lowest BCUT2D eigenvalue weighted by molar-refractivity contribution is -0.129. The Morgan fingerprint density at radius 2 is 1.84 bits per heavy atom. The summed E-state index contributed by atoms with van der Waals surface area (Å²) in [5, 5.41) is 74.4. The van der Waals surface area contributed by atoms with Crippen LogP contribution in [0.25, 0.3) is 17.2 Å². The van der Waals surface area contributed by atoms with E-state index < -0.39 is 23.9 Å². The minimum atomic E-state index is -1.07. The normalized spacial score (nSPS) is 21.2. The number of hydrogen-bond acceptors (Lipinski definition) is 14. The van der Waals surface area contributed by atoms with Crippen LogP contribution in [0.1, 0.15) is 70.7 Å². The molecule has 14 nitrogen and oxygen atoms in total. The standard InChI is InChI=1S/C48H60N4O10/c1-28(56)23-50-26-51-25-48(60-27-49-2)22-40-39-19-32(17-29-5-10-41-30(16-29)11-12-52-41)38-21-34(57)6-8-36(38)43(39)46-37(9-7-35(24-55)61-46)45(40)62-47(48)33-18-31(4-3-13-53)44(58)42(20-33)59-15-14-54/h5-6,8,10-11,16,18,20-21,28,32,35,47,49-51,53-58H,3-4,7,9,12-15,17,19,22-27H2,1-2H3/t28-,32-,35+,47+,48-/m0/s1. The van der Waals surface area contributed by atoms with E-state index in [0.29, 0.717) is 93.9 Å². The van der Waals surface area contributed by atoms with Crippen molar-refractivity contribution in [1.82, 2.24) is 16.0 Å². The van der Waals surface area contributed by atoms with Gasteiger partial charge in [-0.25, -0.2) is 0 Å². The molecule has 0 spiro atoms. The van der Waals surface area contributed by atoms with E-state index in [0.717, 1.165) is 44.0 Å². The summed E-state index contributed by atoms with van der Waals surface area (Å²) >= 11 is 0. The van der Waals surface area contributed by atoms with Gasteiger partial charge in [0.15, 0.2) is 17.6 Å². The number of fused-ring (bicyclic) bond motifs is 9. The largest absolute Gasteiger partial charge is 0.508 e. The van der Waals surface area contributed by atoms with E-state index in [1.807, 2.05) is 25.2 Å². The first kappa shape index (κ1) is 43.9. The number of aliphatic hydroxyl groups excluding tert-OH is 4. The molecular weight excluding hydrogens is 793 g/mol. The Morgan fingerprint density at radius 1 is 0.968 bits per heavy atom. The highest BCUT2D eigenvalue weighted by molar-refractivity contribution is 5.85. The van der Waals surface area contributed by atoms with Crippen molar-refractivity contribution in [3.05, 3.63) is 98.1 Å². The van der Waals surface area contributed by atoms with Crippen molar-refractivity contribution in [2.75, 3.05) is 66.5 Å². The number of nitrogens with one attached hydrogen (secondary N) is 3. The maximum absolute atomic E-state index is 11.4. The van der Waals surface area contributed by atoms with Crippen LogP contribution in [0.2, 0.25) is 0 Å². The van der Waals surface area contributed by atoms with Crippen LogP contribution < -0.4 is 40.7 Å². The topological polar surface area (TPSA) is 207 Å². The molecule has 4 aromatic rings. The van der Waals surface area contributed by atoms with Crippen molar-refractivity contribution in [2.45, 2.75) is 81.7 Å². The fraction of sp³-hybridized carbons (Fsp3) is 0.479. The van der Waals surface area contributed by atoms with Crippen molar-refractivity contribution >= 4 is 6.08 Å². The van der Waals surface area contributed by atoms with Gasteiger partial charge >= 0.3 is 0 Å². The van der Waals surface area contributed by atoms with E-state index in [2.05, 4.69) is 45.2 Å².